The fraction of sp³-hybridized carbons (Fsp3) is 0.298. The minimum absolute atomic E-state index is 0. The molecule has 1 unspecified atom stereocenters. The Hall–Kier alpha value is -2.83. The monoisotopic (exact) mass is 772 g/mol. The molecule has 4 aliphatic rings. The number of hydrogen-bond donors (Lipinski definition) is 0. The molecular weight excluding hydrogens is 727 g/mol. The Labute approximate surface area is 329 Å². The van der Waals surface area contributed by atoms with E-state index in [0.717, 1.165) is 6.42 Å². The van der Waals surface area contributed by atoms with Crippen LogP contribution < -0.4 is 24.8 Å². The predicted octanol–water partition coefficient (Wildman–Crippen LogP) is 5.82. The number of allylic oxidation sites excluding steroid dienone is 8. The first-order valence-electron chi connectivity index (χ1n) is 17.3. The standard InChI is InChI=1S/C25H25.C15H14.C7H9.2ClH.Zr/c1-14-12-24(3,4)22-8-16-7-17-9-23-19(15(2)13-25(23,5)6)11-21(17)20(16)10-18(14)22;1-12-3-7-14(8-4-12)11-15-9-5-13(2)6-10-15;1-6-3-4-7(2)5-6;;;/h8-12H,7H2,1-6H3;3-10H,1-2H3;3,5,7H,1-2H3;2*1H;/q-1;;-1;;;+2/p-2. The summed E-state index contributed by atoms with van der Waals surface area (Å²) in [7, 11) is 0. The van der Waals surface area contributed by atoms with Crippen molar-refractivity contribution in [3.8, 4) is 11.1 Å². The average Bonchev–Trinajstić information content (AvgIpc) is 3.72. The molecule has 4 aromatic rings. The van der Waals surface area contributed by atoms with E-state index in [1.807, 2.05) is 6.08 Å². The molecule has 3 heteroatoms. The van der Waals surface area contributed by atoms with Crippen molar-refractivity contribution in [3.05, 3.63) is 164 Å². The number of fused-ring (bicyclic) bond motifs is 5. The van der Waals surface area contributed by atoms with Crippen LogP contribution in [-0.4, -0.2) is 3.21 Å². The summed E-state index contributed by atoms with van der Waals surface area (Å²) in [5.74, 6) is 0.556. The molecule has 0 N–H and O–H groups in total. The third kappa shape index (κ3) is 8.12. The van der Waals surface area contributed by atoms with Crippen LogP contribution in [0.1, 0.15) is 111 Å². The number of benzene rings is 4. The Morgan fingerprint density at radius 3 is 1.64 bits per heavy atom. The summed E-state index contributed by atoms with van der Waals surface area (Å²) >= 11 is 1.46. The zero-order chi connectivity index (χ0) is 34.5. The quantitative estimate of drug-likeness (QED) is 0.199. The van der Waals surface area contributed by atoms with Crippen LogP contribution in [0, 0.1) is 31.9 Å². The van der Waals surface area contributed by atoms with Crippen LogP contribution in [0.3, 0.4) is 0 Å². The van der Waals surface area contributed by atoms with Crippen LogP contribution >= 0.6 is 0 Å². The third-order valence-corrected chi connectivity index (χ3v) is 11.6. The Morgan fingerprint density at radius 1 is 0.680 bits per heavy atom. The van der Waals surface area contributed by atoms with Gasteiger partial charge in [-0.2, -0.15) is 11.6 Å². The van der Waals surface area contributed by atoms with Gasteiger partial charge in [-0.3, -0.25) is 12.2 Å². The van der Waals surface area contributed by atoms with Crippen LogP contribution in [0.15, 0.2) is 96.6 Å². The minimum Gasteiger partial charge on any atom is -1.00 e. The summed E-state index contributed by atoms with van der Waals surface area (Å²) in [6.07, 6.45) is 14.5. The summed E-state index contributed by atoms with van der Waals surface area (Å²) in [6, 6.07) is 27.3. The molecule has 4 aliphatic carbocycles. The molecule has 0 saturated heterocycles. The summed E-state index contributed by atoms with van der Waals surface area (Å²) < 4.78 is 1.42. The average molecular weight is 775 g/mol. The normalized spacial score (nSPS) is 17.5. The second kappa shape index (κ2) is 15.4. The molecule has 50 heavy (non-hydrogen) atoms. The fourth-order valence-corrected chi connectivity index (χ4v) is 8.45. The van der Waals surface area contributed by atoms with E-state index in [-0.39, 0.29) is 35.6 Å². The molecule has 0 nitrogen and oxygen atoms in total. The summed E-state index contributed by atoms with van der Waals surface area (Å²) in [6.45, 7) is 22.1. The van der Waals surface area contributed by atoms with E-state index in [4.69, 9.17) is 0 Å². The zero-order valence-corrected chi connectivity index (χ0v) is 35.2. The largest absolute Gasteiger partial charge is 1.00 e. The second-order valence-electron chi connectivity index (χ2n) is 15.3. The maximum Gasteiger partial charge on any atom is -1.00 e. The number of hydrogen-bond acceptors (Lipinski definition) is 0. The molecule has 0 heterocycles. The molecule has 0 saturated carbocycles. The van der Waals surface area contributed by atoms with E-state index in [2.05, 4.69) is 166 Å². The topological polar surface area (TPSA) is 0 Å². The summed E-state index contributed by atoms with van der Waals surface area (Å²) in [5.41, 5.74) is 21.2. The van der Waals surface area contributed by atoms with Crippen molar-refractivity contribution < 1.29 is 49.0 Å². The SMILES string of the molecule is CC1=CC(C)[C-]=C1.CC1=[C-]C(C)(C)c2cc3c(cc21)-c1cc2c(cc1C3)C(C)(C)C=C2C.Cc1ccc([C](=[Zr+2])c2ccc(C)cc2)cc1.[Cl-].[Cl-]. The first-order valence-corrected chi connectivity index (χ1v) is 18.5. The van der Waals surface area contributed by atoms with Crippen LogP contribution in [0.5, 0.6) is 0 Å². The van der Waals surface area contributed by atoms with E-state index in [1.54, 1.807) is 0 Å². The summed E-state index contributed by atoms with van der Waals surface area (Å²) in [4.78, 5) is 0. The Kier molecular flexibility index (Phi) is 12.3. The van der Waals surface area contributed by atoms with Gasteiger partial charge in [0.2, 0.25) is 0 Å². The molecule has 1 atom stereocenters. The van der Waals surface area contributed by atoms with Crippen LogP contribution in [-0.2, 0) is 41.5 Å². The molecule has 0 bridgehead atoms. The van der Waals surface area contributed by atoms with Crippen LogP contribution in [0.4, 0.5) is 0 Å². The third-order valence-electron chi connectivity index (χ3n) is 10.2. The predicted molar refractivity (Wildman–Crippen MR) is 203 cm³/mol. The van der Waals surface area contributed by atoms with E-state index in [9.17, 15) is 0 Å². The molecular formula is C47H48Cl2Zr-2. The Balaban J connectivity index is 0.000000193. The van der Waals surface area contributed by atoms with E-state index < -0.39 is 0 Å². The van der Waals surface area contributed by atoms with Crippen molar-refractivity contribution in [1.29, 1.82) is 0 Å². The molecule has 8 rings (SSSR count). The van der Waals surface area contributed by atoms with Crippen molar-refractivity contribution in [3.63, 3.8) is 0 Å². The van der Waals surface area contributed by atoms with Gasteiger partial charge in [0.1, 0.15) is 0 Å². The number of rotatable bonds is 2. The maximum absolute atomic E-state index is 3.65. The van der Waals surface area contributed by atoms with Crippen LogP contribution in [0.2, 0.25) is 0 Å². The van der Waals surface area contributed by atoms with E-state index in [0.29, 0.717) is 5.92 Å². The molecule has 0 fully saturated rings. The minimum atomic E-state index is 0. The zero-order valence-electron chi connectivity index (χ0n) is 31.2. The van der Waals surface area contributed by atoms with Gasteiger partial charge in [0.15, 0.2) is 0 Å². The number of halogens is 2. The van der Waals surface area contributed by atoms with Gasteiger partial charge in [-0.05, 0) is 58.4 Å². The molecule has 256 valence electrons. The Morgan fingerprint density at radius 2 is 1.18 bits per heavy atom. The van der Waals surface area contributed by atoms with E-state index >= 15 is 0 Å². The molecule has 0 aliphatic heterocycles. The summed E-state index contributed by atoms with van der Waals surface area (Å²) in [5, 5.41) is 0. The van der Waals surface area contributed by atoms with Crippen LogP contribution in [0.25, 0.3) is 22.3 Å². The van der Waals surface area contributed by atoms with Crippen molar-refractivity contribution in [2.75, 3.05) is 0 Å². The van der Waals surface area contributed by atoms with Crippen molar-refractivity contribution in [1.82, 2.24) is 0 Å². The number of aryl methyl sites for hydroxylation is 2. The van der Waals surface area contributed by atoms with E-state index in [1.165, 1.54) is 111 Å². The maximum atomic E-state index is 3.65. The first-order chi connectivity index (χ1) is 22.6. The van der Waals surface area contributed by atoms with Gasteiger partial charge in [0.25, 0.3) is 0 Å². The Bertz CT molecular complexity index is 1920. The van der Waals surface area contributed by atoms with Gasteiger partial charge in [-0.1, -0.05) is 71.1 Å². The molecule has 0 amide bonds. The van der Waals surface area contributed by atoms with Gasteiger partial charge in [0.05, 0.1) is 0 Å². The fourth-order valence-electron chi connectivity index (χ4n) is 7.64. The van der Waals surface area contributed by atoms with Gasteiger partial charge in [-0.25, -0.2) is 17.2 Å². The van der Waals surface area contributed by atoms with Gasteiger partial charge in [-0.15, -0.1) is 18.6 Å². The second-order valence-corrected chi connectivity index (χ2v) is 16.6. The van der Waals surface area contributed by atoms with Crippen molar-refractivity contribution >= 4 is 14.4 Å². The van der Waals surface area contributed by atoms with Crippen molar-refractivity contribution in [2.24, 2.45) is 5.92 Å². The first kappa shape index (κ1) is 40.0. The molecule has 4 aromatic carbocycles. The van der Waals surface area contributed by atoms with Gasteiger partial charge in [0, 0.05) is 5.41 Å². The smallest absolute Gasteiger partial charge is 1.00 e. The molecule has 0 aromatic heterocycles. The molecule has 0 spiro atoms. The molecule has 0 radical (unpaired) electrons. The van der Waals surface area contributed by atoms with Gasteiger partial charge < -0.3 is 24.8 Å². The van der Waals surface area contributed by atoms with Crippen molar-refractivity contribution in [2.45, 2.75) is 86.5 Å². The van der Waals surface area contributed by atoms with Gasteiger partial charge >= 0.3 is 112 Å².